The molecule has 0 aliphatic carbocycles. The number of fused-ring (bicyclic) bond motifs is 6. The Bertz CT molecular complexity index is 5200. The minimum atomic E-state index is -3.38. The number of para-hydroxylation sites is 3. The maximum Gasteiger partial charge on any atom is 0.179 e. The molecular formula is C63H42N4OSi. The van der Waals surface area contributed by atoms with Crippen LogP contribution < -0.4 is 20.7 Å². The van der Waals surface area contributed by atoms with Crippen molar-refractivity contribution in [3.05, 3.63) is 254 Å². The Morgan fingerprint density at radius 3 is 1.54 bits per heavy atom. The Balaban J connectivity index is 1.15. The molecule has 0 unspecified atom stereocenters. The van der Waals surface area contributed by atoms with E-state index < -0.39 is 220 Å². The first-order valence-electron chi connectivity index (χ1n) is 33.0. The standard InChI is InChI=1S/C63H42N4OSi/c1-4-22-48(23-5-1)69(49-24-6-2-7-25-49,50-26-8-3-9-27-50)51-28-17-20-46(42-51)63-65-61(44-39-37-43(38-40-44)52-32-18-36-59-60(52)55-31-12-15-35-58(55)68-59)64-62(66-63)45-19-16-21-47(41-45)67-56-33-13-10-29-53(56)54-30-11-14-34-57(54)67/h1-42H/i10D,11D,12D,13D,14D,15D,16D,18D,19D,21D,29D,30D,31D,32D,33D,34D,35D,36D,37D,38D,39D,40D,41D. The minimum Gasteiger partial charge on any atom is -0.456 e. The van der Waals surface area contributed by atoms with Crippen LogP contribution >= 0.6 is 0 Å². The number of hydrogen-bond donors (Lipinski definition) is 0. The van der Waals surface area contributed by atoms with Crippen molar-refractivity contribution >= 4 is 72.6 Å². The number of benzene rings is 10. The van der Waals surface area contributed by atoms with Crippen LogP contribution in [-0.4, -0.2) is 27.6 Å². The van der Waals surface area contributed by atoms with Crippen molar-refractivity contribution in [2.45, 2.75) is 0 Å². The first kappa shape index (κ1) is 23.2. The van der Waals surface area contributed by atoms with Crippen LogP contribution in [0.25, 0.3) is 94.7 Å². The second-order valence-corrected chi connectivity index (χ2v) is 19.6. The van der Waals surface area contributed by atoms with Crippen LogP contribution in [-0.2, 0) is 0 Å². The van der Waals surface area contributed by atoms with Crippen molar-refractivity contribution in [1.82, 2.24) is 19.5 Å². The van der Waals surface area contributed by atoms with Gasteiger partial charge >= 0.3 is 0 Å². The fraction of sp³-hybridized carbons (Fsp3) is 0. The third kappa shape index (κ3) is 6.80. The van der Waals surface area contributed by atoms with Gasteiger partial charge in [0.05, 0.1) is 42.6 Å². The lowest BCUT2D eigenvalue weighted by molar-refractivity contribution is 0.669. The van der Waals surface area contributed by atoms with Gasteiger partial charge in [-0.25, -0.2) is 15.0 Å². The molecule has 6 heteroatoms. The zero-order chi connectivity index (χ0) is 65.7. The summed E-state index contributed by atoms with van der Waals surface area (Å²) in [7, 11) is -3.38. The Labute approximate surface area is 432 Å². The van der Waals surface area contributed by atoms with Gasteiger partial charge in [0, 0.05) is 43.9 Å². The smallest absolute Gasteiger partial charge is 0.179 e. The van der Waals surface area contributed by atoms with Crippen LogP contribution in [0, 0.1) is 0 Å². The molecule has 324 valence electrons. The molecule has 13 aromatic rings. The van der Waals surface area contributed by atoms with E-state index in [1.807, 2.05) is 103 Å². The summed E-state index contributed by atoms with van der Waals surface area (Å²) in [6.45, 7) is 0. The monoisotopic (exact) mass is 921 g/mol. The van der Waals surface area contributed by atoms with E-state index in [9.17, 15) is 15.1 Å². The van der Waals surface area contributed by atoms with Gasteiger partial charge < -0.3 is 8.98 Å². The van der Waals surface area contributed by atoms with Crippen LogP contribution in [0.4, 0.5) is 0 Å². The lowest BCUT2D eigenvalue weighted by Gasteiger charge is -2.34. The molecule has 0 saturated carbocycles. The van der Waals surface area contributed by atoms with Crippen molar-refractivity contribution in [2.75, 3.05) is 0 Å². The number of nitrogens with zero attached hydrogens (tertiary/aromatic N) is 4. The van der Waals surface area contributed by atoms with Gasteiger partial charge in [0.25, 0.3) is 0 Å². The van der Waals surface area contributed by atoms with Gasteiger partial charge in [-0.1, -0.05) is 218 Å². The molecule has 0 spiro atoms. The summed E-state index contributed by atoms with van der Waals surface area (Å²) < 4.78 is 217. The first-order valence-corrected chi connectivity index (χ1v) is 23.5. The zero-order valence-electron chi connectivity index (χ0n) is 58.7. The first-order chi connectivity index (χ1) is 43.8. The van der Waals surface area contributed by atoms with E-state index in [2.05, 4.69) is 0 Å². The Morgan fingerprint density at radius 1 is 0.391 bits per heavy atom. The number of hydrogen-bond acceptors (Lipinski definition) is 4. The number of aromatic nitrogens is 4. The van der Waals surface area contributed by atoms with E-state index in [4.69, 9.17) is 35.8 Å². The minimum absolute atomic E-state index is 0.228. The fourth-order valence-electron chi connectivity index (χ4n) is 8.98. The summed E-state index contributed by atoms with van der Waals surface area (Å²) in [5.41, 5.74) is -4.94. The molecule has 0 fully saturated rings. The van der Waals surface area contributed by atoms with Crippen molar-refractivity contribution in [3.63, 3.8) is 0 Å². The van der Waals surface area contributed by atoms with Gasteiger partial charge in [-0.2, -0.15) is 0 Å². The largest absolute Gasteiger partial charge is 0.456 e. The van der Waals surface area contributed by atoms with Crippen LogP contribution in [0.1, 0.15) is 31.5 Å². The topological polar surface area (TPSA) is 56.7 Å². The summed E-state index contributed by atoms with van der Waals surface area (Å²) >= 11 is 0. The molecular weight excluding hydrogens is 857 g/mol. The van der Waals surface area contributed by atoms with Crippen LogP contribution in [0.15, 0.2) is 259 Å². The molecule has 69 heavy (non-hydrogen) atoms. The summed E-state index contributed by atoms with van der Waals surface area (Å²) in [6.07, 6.45) is 0. The average molecular weight is 922 g/mol. The SMILES string of the molecule is [2H]c1c([2H])c(-c2nc(-c3cccc([Si](c4ccccc4)(c4ccccc4)c4ccccc4)c3)nc(-c3c([2H])c([2H])c(-c4c([2H])c([2H])c([2H])c5oc6c([2H])c([2H])c([2H])c([2H])c6c45)c([2H])c3[2H])n2)c([2H])c(-n2c3c([2H])c([2H])c([2H])c([2H])c3c3c([2H])c([2H])c([2H])c([2H])c32)c1[2H]. The summed E-state index contributed by atoms with van der Waals surface area (Å²) in [6, 6.07) is 18.2. The average Bonchev–Trinajstić information content (AvgIpc) is 1.55. The predicted octanol–water partition coefficient (Wildman–Crippen LogP) is 12.9. The van der Waals surface area contributed by atoms with Crippen LogP contribution in [0.3, 0.4) is 0 Å². The molecule has 0 saturated heterocycles. The van der Waals surface area contributed by atoms with E-state index in [0.29, 0.717) is 0 Å². The Hall–Kier alpha value is -8.97. The maximum atomic E-state index is 10.1. The van der Waals surface area contributed by atoms with Gasteiger partial charge in [0.15, 0.2) is 25.5 Å². The Kier molecular flexibility index (Phi) is 5.61. The van der Waals surface area contributed by atoms with Crippen molar-refractivity contribution in [1.29, 1.82) is 0 Å². The highest BCUT2D eigenvalue weighted by molar-refractivity contribution is 7.19. The summed E-state index contributed by atoms with van der Waals surface area (Å²) in [5.74, 6) is -1.56. The molecule has 10 aromatic carbocycles. The molecule has 0 atom stereocenters. The quantitative estimate of drug-likeness (QED) is 0.107. The number of rotatable bonds is 9. The zero-order valence-corrected chi connectivity index (χ0v) is 36.7. The molecule has 3 heterocycles. The lowest BCUT2D eigenvalue weighted by atomic mass is 9.98. The maximum absolute atomic E-state index is 10.1. The molecule has 0 bridgehead atoms. The lowest BCUT2D eigenvalue weighted by Crippen LogP contribution is -2.74. The van der Waals surface area contributed by atoms with E-state index in [1.54, 1.807) is 12.1 Å². The molecule has 0 aliphatic rings. The Morgan fingerprint density at radius 2 is 0.899 bits per heavy atom. The van der Waals surface area contributed by atoms with E-state index >= 15 is 0 Å². The molecule has 0 aliphatic heterocycles. The molecule has 0 radical (unpaired) electrons. The van der Waals surface area contributed by atoms with E-state index in [0.717, 1.165) is 25.3 Å². The predicted molar refractivity (Wildman–Crippen MR) is 287 cm³/mol. The normalized spacial score (nSPS) is 16.4. The number of furan rings is 1. The fourth-order valence-corrected chi connectivity index (χ4v) is 13.8. The van der Waals surface area contributed by atoms with Crippen molar-refractivity contribution in [3.8, 4) is 51.0 Å². The second-order valence-electron chi connectivity index (χ2n) is 15.8. The molecule has 13 rings (SSSR count). The third-order valence-corrected chi connectivity index (χ3v) is 16.7. The van der Waals surface area contributed by atoms with Gasteiger partial charge in [0.1, 0.15) is 11.2 Å². The molecule has 0 N–H and O–H groups in total. The van der Waals surface area contributed by atoms with E-state index in [-0.39, 0.29) is 22.2 Å². The van der Waals surface area contributed by atoms with Crippen molar-refractivity contribution in [2.24, 2.45) is 0 Å². The van der Waals surface area contributed by atoms with Crippen molar-refractivity contribution < 1.29 is 35.9 Å². The van der Waals surface area contributed by atoms with Crippen LogP contribution in [0.2, 0.25) is 0 Å². The van der Waals surface area contributed by atoms with Gasteiger partial charge in [0.2, 0.25) is 0 Å². The van der Waals surface area contributed by atoms with E-state index in [1.165, 1.54) is 0 Å². The summed E-state index contributed by atoms with van der Waals surface area (Å²) in [5, 5.41) is 2.13. The highest BCUT2D eigenvalue weighted by Crippen LogP contribution is 2.38. The molecule has 5 nitrogen and oxygen atoms in total. The van der Waals surface area contributed by atoms with Crippen LogP contribution in [0.5, 0.6) is 0 Å². The van der Waals surface area contributed by atoms with Gasteiger partial charge in [-0.05, 0) is 68.1 Å². The van der Waals surface area contributed by atoms with Gasteiger partial charge in [-0.15, -0.1) is 0 Å². The third-order valence-electron chi connectivity index (χ3n) is 11.9. The van der Waals surface area contributed by atoms with Gasteiger partial charge in [-0.3, -0.25) is 0 Å². The second kappa shape index (κ2) is 16.7. The molecule has 0 amide bonds. The summed E-state index contributed by atoms with van der Waals surface area (Å²) in [4.78, 5) is 14.4. The molecule has 3 aromatic heterocycles. The highest BCUT2D eigenvalue weighted by atomic mass is 28.3. The highest BCUT2D eigenvalue weighted by Gasteiger charge is 2.41.